The average molecular weight is 278 g/mol. The van der Waals surface area contributed by atoms with E-state index in [1.165, 1.54) is 6.07 Å². The fourth-order valence-corrected chi connectivity index (χ4v) is 2.65. The van der Waals surface area contributed by atoms with E-state index in [0.717, 1.165) is 6.42 Å². The van der Waals surface area contributed by atoms with E-state index in [1.807, 2.05) is 0 Å². The van der Waals surface area contributed by atoms with E-state index in [0.29, 0.717) is 21.5 Å². The van der Waals surface area contributed by atoms with Crippen molar-refractivity contribution >= 4 is 33.3 Å². The third-order valence-corrected chi connectivity index (χ3v) is 3.33. The molecular weight excluding hydrogens is 270 g/mol. The van der Waals surface area contributed by atoms with Crippen molar-refractivity contribution in [3.05, 3.63) is 33.0 Å². The molecular formula is C10H7BrClFO. The number of hydrogen-bond acceptors (Lipinski definition) is 1. The van der Waals surface area contributed by atoms with Crippen LogP contribution in [-0.2, 0) is 4.79 Å². The van der Waals surface area contributed by atoms with Crippen LogP contribution < -0.4 is 0 Å². The zero-order valence-electron chi connectivity index (χ0n) is 7.19. The summed E-state index contributed by atoms with van der Waals surface area (Å²) in [5.41, 5.74) is 0.450. The molecule has 0 heterocycles. The first-order valence-electron chi connectivity index (χ1n) is 4.26. The molecule has 0 aliphatic heterocycles. The molecule has 1 nitrogen and oxygen atoms in total. The van der Waals surface area contributed by atoms with Gasteiger partial charge in [0.1, 0.15) is 11.6 Å². The third-order valence-electron chi connectivity index (χ3n) is 2.46. The maximum absolute atomic E-state index is 13.5. The largest absolute Gasteiger partial charge is 0.299 e. The Morgan fingerprint density at radius 1 is 1.50 bits per heavy atom. The Labute approximate surface area is 94.4 Å². The predicted octanol–water partition coefficient (Wildman–Crippen LogP) is 3.69. The fraction of sp³-hybridized carbons (Fsp3) is 0.300. The van der Waals surface area contributed by atoms with E-state index in [2.05, 4.69) is 15.9 Å². The van der Waals surface area contributed by atoms with E-state index in [9.17, 15) is 9.18 Å². The molecule has 14 heavy (non-hydrogen) atoms. The van der Waals surface area contributed by atoms with Gasteiger partial charge in [0.15, 0.2) is 0 Å². The molecule has 74 valence electrons. The van der Waals surface area contributed by atoms with Crippen molar-refractivity contribution in [2.24, 2.45) is 0 Å². The van der Waals surface area contributed by atoms with Crippen LogP contribution in [0.1, 0.15) is 24.3 Å². The van der Waals surface area contributed by atoms with E-state index in [-0.39, 0.29) is 11.7 Å². The van der Waals surface area contributed by atoms with Gasteiger partial charge in [-0.1, -0.05) is 27.5 Å². The summed E-state index contributed by atoms with van der Waals surface area (Å²) in [4.78, 5) is 11.2. The highest BCUT2D eigenvalue weighted by molar-refractivity contribution is 9.10. The quantitative estimate of drug-likeness (QED) is 0.765. The second-order valence-corrected chi connectivity index (χ2v) is 4.63. The minimum atomic E-state index is -0.401. The first-order valence-corrected chi connectivity index (χ1v) is 5.44. The Hall–Kier alpha value is -0.410. The van der Waals surface area contributed by atoms with Crippen LogP contribution in [0.3, 0.4) is 0 Å². The Morgan fingerprint density at radius 3 is 2.64 bits per heavy atom. The van der Waals surface area contributed by atoms with Crippen molar-refractivity contribution < 1.29 is 9.18 Å². The van der Waals surface area contributed by atoms with Crippen LogP contribution in [0.25, 0.3) is 0 Å². The number of benzene rings is 1. The highest BCUT2D eigenvalue weighted by Crippen LogP contribution is 2.39. The van der Waals surface area contributed by atoms with Crippen molar-refractivity contribution in [2.45, 2.75) is 18.8 Å². The Kier molecular flexibility index (Phi) is 2.62. The van der Waals surface area contributed by atoms with E-state index < -0.39 is 5.82 Å². The molecule has 0 amide bonds. The normalized spacial score (nSPS) is 20.8. The van der Waals surface area contributed by atoms with Gasteiger partial charge < -0.3 is 0 Å². The summed E-state index contributed by atoms with van der Waals surface area (Å²) in [5.74, 6) is -0.573. The van der Waals surface area contributed by atoms with Gasteiger partial charge in [-0.3, -0.25) is 4.79 Å². The molecule has 1 saturated carbocycles. The third kappa shape index (κ3) is 1.59. The molecule has 0 N–H and O–H groups in total. The average Bonchev–Trinajstić information content (AvgIpc) is 2.08. The van der Waals surface area contributed by atoms with E-state index in [4.69, 9.17) is 11.6 Å². The standard InChI is InChI=1S/C10H7BrClFO/c11-7-3-5(12)4-8(13)10(7)6-1-2-9(6)14/h3-4,6H,1-2H2. The van der Waals surface area contributed by atoms with E-state index in [1.54, 1.807) is 6.07 Å². The van der Waals surface area contributed by atoms with Crippen LogP contribution in [-0.4, -0.2) is 5.78 Å². The number of rotatable bonds is 1. The second kappa shape index (κ2) is 3.63. The number of halogens is 3. The first-order chi connectivity index (χ1) is 6.59. The molecule has 1 aromatic rings. The lowest BCUT2D eigenvalue weighted by Gasteiger charge is -2.25. The van der Waals surface area contributed by atoms with Gasteiger partial charge in [-0.15, -0.1) is 0 Å². The zero-order chi connectivity index (χ0) is 10.3. The van der Waals surface area contributed by atoms with Gasteiger partial charge in [0, 0.05) is 27.4 Å². The topological polar surface area (TPSA) is 17.1 Å². The smallest absolute Gasteiger partial charge is 0.140 e. The highest BCUT2D eigenvalue weighted by atomic mass is 79.9. The lowest BCUT2D eigenvalue weighted by Crippen LogP contribution is -2.24. The molecule has 0 saturated heterocycles. The molecule has 1 aliphatic carbocycles. The molecule has 1 aromatic carbocycles. The Balaban J connectivity index is 2.47. The molecule has 4 heteroatoms. The van der Waals surface area contributed by atoms with Gasteiger partial charge in [-0.25, -0.2) is 4.39 Å². The maximum Gasteiger partial charge on any atom is 0.140 e. The molecule has 1 fully saturated rings. The lowest BCUT2D eigenvalue weighted by atomic mass is 9.78. The summed E-state index contributed by atoms with van der Waals surface area (Å²) in [6.07, 6.45) is 1.29. The number of Topliss-reactive ketones (excluding diaryl/α,β-unsaturated/α-hetero) is 1. The van der Waals surface area contributed by atoms with Crippen LogP contribution in [0.5, 0.6) is 0 Å². The molecule has 0 bridgehead atoms. The summed E-state index contributed by atoms with van der Waals surface area (Å²) in [7, 11) is 0. The number of carbonyl (C=O) groups excluding carboxylic acids is 1. The van der Waals surface area contributed by atoms with Gasteiger partial charge in [0.05, 0.1) is 0 Å². The van der Waals surface area contributed by atoms with Crippen LogP contribution in [0, 0.1) is 5.82 Å². The number of ketones is 1. The molecule has 1 unspecified atom stereocenters. The summed E-state index contributed by atoms with van der Waals surface area (Å²) in [6, 6.07) is 2.86. The van der Waals surface area contributed by atoms with Crippen LogP contribution >= 0.6 is 27.5 Å². The number of carbonyl (C=O) groups is 1. The van der Waals surface area contributed by atoms with Gasteiger partial charge in [0.2, 0.25) is 0 Å². The van der Waals surface area contributed by atoms with Crippen molar-refractivity contribution in [2.75, 3.05) is 0 Å². The molecule has 1 atom stereocenters. The lowest BCUT2D eigenvalue weighted by molar-refractivity contribution is -0.125. The van der Waals surface area contributed by atoms with Crippen LogP contribution in [0.15, 0.2) is 16.6 Å². The van der Waals surface area contributed by atoms with Crippen molar-refractivity contribution in [3.63, 3.8) is 0 Å². The molecule has 0 spiro atoms. The predicted molar refractivity (Wildman–Crippen MR) is 56.1 cm³/mol. The van der Waals surface area contributed by atoms with Crippen molar-refractivity contribution in [3.8, 4) is 0 Å². The van der Waals surface area contributed by atoms with Gasteiger partial charge >= 0.3 is 0 Å². The van der Waals surface area contributed by atoms with Gasteiger partial charge in [-0.2, -0.15) is 0 Å². The first kappa shape index (κ1) is 10.1. The molecule has 0 aromatic heterocycles. The van der Waals surface area contributed by atoms with E-state index >= 15 is 0 Å². The minimum absolute atomic E-state index is 0.104. The zero-order valence-corrected chi connectivity index (χ0v) is 9.53. The molecule has 1 aliphatic rings. The SMILES string of the molecule is O=C1CCC1c1c(F)cc(Cl)cc1Br. The van der Waals surface area contributed by atoms with Gasteiger partial charge in [0.25, 0.3) is 0 Å². The monoisotopic (exact) mass is 276 g/mol. The maximum atomic E-state index is 13.5. The summed E-state index contributed by atoms with van der Waals surface area (Å²) in [5, 5.41) is 0.338. The fourth-order valence-electron chi connectivity index (χ4n) is 1.60. The second-order valence-electron chi connectivity index (χ2n) is 3.34. The minimum Gasteiger partial charge on any atom is -0.299 e. The summed E-state index contributed by atoms with van der Waals surface area (Å²) < 4.78 is 14.1. The van der Waals surface area contributed by atoms with Crippen molar-refractivity contribution in [1.29, 1.82) is 0 Å². The summed E-state index contributed by atoms with van der Waals surface area (Å²) in [6.45, 7) is 0. The van der Waals surface area contributed by atoms with Crippen LogP contribution in [0.2, 0.25) is 5.02 Å². The van der Waals surface area contributed by atoms with Crippen molar-refractivity contribution in [1.82, 2.24) is 0 Å². The Morgan fingerprint density at radius 2 is 2.21 bits per heavy atom. The van der Waals surface area contributed by atoms with Gasteiger partial charge in [-0.05, 0) is 18.6 Å². The Bertz CT molecular complexity index is 382. The number of hydrogen-bond donors (Lipinski definition) is 0. The summed E-state index contributed by atoms with van der Waals surface area (Å²) >= 11 is 8.89. The van der Waals surface area contributed by atoms with Crippen LogP contribution in [0.4, 0.5) is 4.39 Å². The molecule has 2 rings (SSSR count). The highest BCUT2D eigenvalue weighted by Gasteiger charge is 2.33. The molecule has 0 radical (unpaired) electrons.